The summed E-state index contributed by atoms with van der Waals surface area (Å²) in [6.07, 6.45) is 2.51. The van der Waals surface area contributed by atoms with Crippen molar-refractivity contribution in [3.63, 3.8) is 0 Å². The molecule has 0 aliphatic carbocycles. The third-order valence-electron chi connectivity index (χ3n) is 3.15. The standard InChI is InChI=1S/C14H13ClFN3O/c1-2-10-7-17-14(20-10)8-19-12-4-3-9(16)5-11(12)18-13(19)6-15/h3-5,7H,2,6,8H2,1H3. The van der Waals surface area contributed by atoms with E-state index >= 15 is 0 Å². The summed E-state index contributed by atoms with van der Waals surface area (Å²) in [5.41, 5.74) is 1.40. The van der Waals surface area contributed by atoms with Crippen LogP contribution in [0.3, 0.4) is 0 Å². The van der Waals surface area contributed by atoms with Gasteiger partial charge in [0.15, 0.2) is 0 Å². The van der Waals surface area contributed by atoms with Crippen molar-refractivity contribution in [1.29, 1.82) is 0 Å². The van der Waals surface area contributed by atoms with E-state index in [-0.39, 0.29) is 11.7 Å². The molecule has 3 aromatic rings. The minimum Gasteiger partial charge on any atom is -0.444 e. The Kier molecular flexibility index (Phi) is 3.44. The van der Waals surface area contributed by atoms with Crippen LogP contribution in [0.1, 0.15) is 24.4 Å². The van der Waals surface area contributed by atoms with Gasteiger partial charge in [-0.05, 0) is 12.1 Å². The SMILES string of the molecule is CCc1cnc(Cn2c(CCl)nc3cc(F)ccc32)o1. The Hall–Kier alpha value is -1.88. The van der Waals surface area contributed by atoms with Crippen LogP contribution in [0.25, 0.3) is 11.0 Å². The molecule has 0 unspecified atom stereocenters. The second-order valence-corrected chi connectivity index (χ2v) is 4.72. The number of alkyl halides is 1. The number of aromatic nitrogens is 3. The van der Waals surface area contributed by atoms with E-state index in [0.717, 1.165) is 17.7 Å². The molecular weight excluding hydrogens is 281 g/mol. The number of benzene rings is 1. The van der Waals surface area contributed by atoms with Gasteiger partial charge in [-0.2, -0.15) is 0 Å². The number of aryl methyl sites for hydroxylation is 1. The monoisotopic (exact) mass is 293 g/mol. The van der Waals surface area contributed by atoms with Crippen molar-refractivity contribution < 1.29 is 8.81 Å². The molecule has 0 atom stereocenters. The molecule has 0 aliphatic rings. The number of oxazole rings is 1. The van der Waals surface area contributed by atoms with Gasteiger partial charge in [-0.25, -0.2) is 14.4 Å². The zero-order valence-corrected chi connectivity index (χ0v) is 11.7. The molecule has 0 radical (unpaired) electrons. The molecule has 104 valence electrons. The van der Waals surface area contributed by atoms with Crippen LogP contribution in [-0.2, 0) is 18.8 Å². The maximum Gasteiger partial charge on any atom is 0.214 e. The molecule has 1 aromatic carbocycles. The van der Waals surface area contributed by atoms with Crippen molar-refractivity contribution in [1.82, 2.24) is 14.5 Å². The molecule has 0 amide bonds. The van der Waals surface area contributed by atoms with E-state index < -0.39 is 0 Å². The molecule has 4 nitrogen and oxygen atoms in total. The number of nitrogens with zero attached hydrogens (tertiary/aromatic N) is 3. The van der Waals surface area contributed by atoms with Crippen molar-refractivity contribution in [2.45, 2.75) is 25.8 Å². The van der Waals surface area contributed by atoms with Gasteiger partial charge in [-0.15, -0.1) is 11.6 Å². The van der Waals surface area contributed by atoms with Gasteiger partial charge in [-0.3, -0.25) is 0 Å². The average molecular weight is 294 g/mol. The maximum atomic E-state index is 13.2. The maximum absolute atomic E-state index is 13.2. The predicted octanol–water partition coefficient (Wildman–Crippen LogP) is 3.51. The minimum absolute atomic E-state index is 0.248. The lowest BCUT2D eigenvalue weighted by Gasteiger charge is -2.04. The van der Waals surface area contributed by atoms with E-state index in [4.69, 9.17) is 16.0 Å². The van der Waals surface area contributed by atoms with Crippen LogP contribution in [0.2, 0.25) is 0 Å². The summed E-state index contributed by atoms with van der Waals surface area (Å²) in [6, 6.07) is 4.50. The van der Waals surface area contributed by atoms with Crippen LogP contribution >= 0.6 is 11.6 Å². The Morgan fingerprint density at radius 3 is 2.95 bits per heavy atom. The van der Waals surface area contributed by atoms with Gasteiger partial charge in [0.2, 0.25) is 5.89 Å². The van der Waals surface area contributed by atoms with E-state index in [9.17, 15) is 4.39 Å². The van der Waals surface area contributed by atoms with Gasteiger partial charge in [0, 0.05) is 12.5 Å². The fourth-order valence-electron chi connectivity index (χ4n) is 2.15. The smallest absolute Gasteiger partial charge is 0.214 e. The molecule has 0 bridgehead atoms. The summed E-state index contributed by atoms with van der Waals surface area (Å²) in [6.45, 7) is 2.44. The van der Waals surface area contributed by atoms with E-state index in [2.05, 4.69) is 9.97 Å². The van der Waals surface area contributed by atoms with E-state index in [0.29, 0.717) is 23.8 Å². The van der Waals surface area contributed by atoms with Crippen LogP contribution in [0.4, 0.5) is 4.39 Å². The summed E-state index contributed by atoms with van der Waals surface area (Å²) in [5.74, 6) is 2.04. The van der Waals surface area contributed by atoms with Gasteiger partial charge in [-0.1, -0.05) is 6.92 Å². The fourth-order valence-corrected chi connectivity index (χ4v) is 2.36. The lowest BCUT2D eigenvalue weighted by Crippen LogP contribution is -2.04. The molecule has 0 saturated carbocycles. The average Bonchev–Trinajstić information content (AvgIpc) is 3.03. The first-order chi connectivity index (χ1) is 9.71. The molecular formula is C14H13ClFN3O. The molecule has 20 heavy (non-hydrogen) atoms. The Labute approximate surface area is 120 Å². The Balaban J connectivity index is 2.04. The highest BCUT2D eigenvalue weighted by Crippen LogP contribution is 2.20. The van der Waals surface area contributed by atoms with Gasteiger partial charge < -0.3 is 8.98 Å². The highest BCUT2D eigenvalue weighted by Gasteiger charge is 2.13. The van der Waals surface area contributed by atoms with Crippen molar-refractivity contribution in [2.75, 3.05) is 0 Å². The highest BCUT2D eigenvalue weighted by atomic mass is 35.5. The van der Waals surface area contributed by atoms with Crippen molar-refractivity contribution in [3.8, 4) is 0 Å². The van der Waals surface area contributed by atoms with Crippen LogP contribution < -0.4 is 0 Å². The summed E-state index contributed by atoms with van der Waals surface area (Å²) < 4.78 is 20.7. The van der Waals surface area contributed by atoms with Gasteiger partial charge in [0.05, 0.1) is 23.1 Å². The first-order valence-electron chi connectivity index (χ1n) is 6.35. The zero-order valence-electron chi connectivity index (χ0n) is 10.9. The molecule has 2 heterocycles. The van der Waals surface area contributed by atoms with Crippen LogP contribution in [0, 0.1) is 5.82 Å². The Morgan fingerprint density at radius 2 is 2.25 bits per heavy atom. The third kappa shape index (κ3) is 2.29. The molecule has 0 saturated heterocycles. The second-order valence-electron chi connectivity index (χ2n) is 4.45. The van der Waals surface area contributed by atoms with Crippen LogP contribution in [0.15, 0.2) is 28.8 Å². The summed E-state index contributed by atoms with van der Waals surface area (Å²) in [7, 11) is 0. The van der Waals surface area contributed by atoms with Crippen LogP contribution in [0.5, 0.6) is 0 Å². The van der Waals surface area contributed by atoms with Crippen LogP contribution in [-0.4, -0.2) is 14.5 Å². The van der Waals surface area contributed by atoms with Crippen molar-refractivity contribution >= 4 is 22.6 Å². The van der Waals surface area contributed by atoms with E-state index in [1.807, 2.05) is 11.5 Å². The lowest BCUT2D eigenvalue weighted by molar-refractivity contribution is 0.446. The molecule has 0 spiro atoms. The second kappa shape index (κ2) is 5.25. The summed E-state index contributed by atoms with van der Waals surface area (Å²) in [5, 5.41) is 0. The number of fused-ring (bicyclic) bond motifs is 1. The van der Waals surface area contributed by atoms with Crippen molar-refractivity contribution in [3.05, 3.63) is 47.7 Å². The zero-order chi connectivity index (χ0) is 14.1. The van der Waals surface area contributed by atoms with Gasteiger partial charge >= 0.3 is 0 Å². The predicted molar refractivity (Wildman–Crippen MR) is 74.2 cm³/mol. The Morgan fingerprint density at radius 1 is 1.40 bits per heavy atom. The van der Waals surface area contributed by atoms with Gasteiger partial charge in [0.25, 0.3) is 0 Å². The minimum atomic E-state index is -0.312. The summed E-state index contributed by atoms with van der Waals surface area (Å²) >= 11 is 5.91. The Bertz CT molecular complexity index is 750. The first-order valence-corrected chi connectivity index (χ1v) is 6.89. The molecule has 0 fully saturated rings. The normalized spacial score (nSPS) is 11.3. The lowest BCUT2D eigenvalue weighted by atomic mass is 10.3. The quantitative estimate of drug-likeness (QED) is 0.691. The number of hydrogen-bond donors (Lipinski definition) is 0. The molecule has 0 aliphatic heterocycles. The molecule has 0 N–H and O–H groups in total. The topological polar surface area (TPSA) is 43.9 Å². The first kappa shape index (κ1) is 13.1. The number of rotatable bonds is 4. The van der Waals surface area contributed by atoms with Crippen molar-refractivity contribution in [2.24, 2.45) is 0 Å². The van der Waals surface area contributed by atoms with E-state index in [1.54, 1.807) is 12.3 Å². The molecule has 6 heteroatoms. The number of halogens is 2. The highest BCUT2D eigenvalue weighted by molar-refractivity contribution is 6.16. The summed E-state index contributed by atoms with van der Waals surface area (Å²) in [4.78, 5) is 8.57. The number of imidazole rings is 1. The molecule has 3 rings (SSSR count). The number of hydrogen-bond acceptors (Lipinski definition) is 3. The molecule has 2 aromatic heterocycles. The van der Waals surface area contributed by atoms with Gasteiger partial charge in [0.1, 0.15) is 23.9 Å². The third-order valence-corrected chi connectivity index (χ3v) is 3.39. The fraction of sp³-hybridized carbons (Fsp3) is 0.286. The van der Waals surface area contributed by atoms with E-state index in [1.165, 1.54) is 12.1 Å². The largest absolute Gasteiger partial charge is 0.444 e.